The molecule has 0 bridgehead atoms. The van der Waals surface area contributed by atoms with Crippen molar-refractivity contribution in [3.8, 4) is 0 Å². The molecule has 0 saturated carbocycles. The summed E-state index contributed by atoms with van der Waals surface area (Å²) in [5, 5.41) is 3.74. The van der Waals surface area contributed by atoms with Crippen LogP contribution in [0.1, 0.15) is 16.5 Å². The fraction of sp³-hybridized carbons (Fsp3) is 0.182. The standard InChI is InChI=1S/C22H18N2O3S/c1-14-8-5-6-11-16(14)24-19(17-12-7-13-28-17)18-20(27-24)22(26)23(21(18)25)15-9-3-2-4-10-15/h2-13,18-20H,1H3. The van der Waals surface area contributed by atoms with Gasteiger partial charge in [-0.3, -0.25) is 14.4 Å². The highest BCUT2D eigenvalue weighted by Crippen LogP contribution is 2.49. The Hall–Kier alpha value is -2.96. The van der Waals surface area contributed by atoms with Crippen molar-refractivity contribution < 1.29 is 14.4 Å². The number of fused-ring (bicyclic) bond motifs is 1. The van der Waals surface area contributed by atoms with E-state index in [4.69, 9.17) is 4.84 Å². The van der Waals surface area contributed by atoms with Crippen molar-refractivity contribution in [2.75, 3.05) is 9.96 Å². The molecular formula is C22H18N2O3S. The van der Waals surface area contributed by atoms with Crippen LogP contribution in [0.5, 0.6) is 0 Å². The third-order valence-electron chi connectivity index (χ3n) is 5.32. The van der Waals surface area contributed by atoms with Gasteiger partial charge < -0.3 is 0 Å². The number of anilines is 2. The first-order valence-electron chi connectivity index (χ1n) is 9.15. The number of imide groups is 1. The monoisotopic (exact) mass is 390 g/mol. The van der Waals surface area contributed by atoms with Crippen LogP contribution in [0.25, 0.3) is 0 Å². The van der Waals surface area contributed by atoms with Gasteiger partial charge in [0, 0.05) is 4.88 Å². The molecule has 5 nitrogen and oxygen atoms in total. The highest BCUT2D eigenvalue weighted by atomic mass is 32.1. The van der Waals surface area contributed by atoms with Crippen LogP contribution in [0.4, 0.5) is 11.4 Å². The van der Waals surface area contributed by atoms with Crippen molar-refractivity contribution in [3.05, 3.63) is 82.6 Å². The number of hydrogen-bond donors (Lipinski definition) is 0. The molecule has 28 heavy (non-hydrogen) atoms. The van der Waals surface area contributed by atoms with Crippen molar-refractivity contribution >= 4 is 34.5 Å². The SMILES string of the molecule is Cc1ccccc1N1OC2C(=O)N(c3ccccc3)C(=O)C2C1c1cccs1. The van der Waals surface area contributed by atoms with E-state index in [1.165, 1.54) is 4.90 Å². The van der Waals surface area contributed by atoms with Gasteiger partial charge in [-0.15, -0.1) is 11.3 Å². The summed E-state index contributed by atoms with van der Waals surface area (Å²) in [6, 6.07) is 20.5. The number of thiophene rings is 1. The van der Waals surface area contributed by atoms with Crippen molar-refractivity contribution in [1.82, 2.24) is 0 Å². The highest BCUT2D eigenvalue weighted by molar-refractivity contribution is 7.10. The third-order valence-corrected chi connectivity index (χ3v) is 6.26. The van der Waals surface area contributed by atoms with Gasteiger partial charge in [0.15, 0.2) is 6.10 Å². The van der Waals surface area contributed by atoms with Gasteiger partial charge in [0.2, 0.25) is 5.91 Å². The number of benzene rings is 2. The lowest BCUT2D eigenvalue weighted by Crippen LogP contribution is -2.37. The molecule has 2 aliphatic heterocycles. The summed E-state index contributed by atoms with van der Waals surface area (Å²) in [6.45, 7) is 2.00. The Morgan fingerprint density at radius 3 is 2.36 bits per heavy atom. The van der Waals surface area contributed by atoms with Gasteiger partial charge in [-0.1, -0.05) is 42.5 Å². The first kappa shape index (κ1) is 17.2. The van der Waals surface area contributed by atoms with Crippen LogP contribution in [0.15, 0.2) is 72.1 Å². The average Bonchev–Trinajstić information content (AvgIpc) is 3.41. The lowest BCUT2D eigenvalue weighted by Gasteiger charge is -2.28. The molecule has 3 atom stereocenters. The smallest absolute Gasteiger partial charge is 0.266 e. The quantitative estimate of drug-likeness (QED) is 0.632. The second-order valence-corrected chi connectivity index (χ2v) is 7.95. The molecule has 2 aromatic carbocycles. The number of hydrogen-bond acceptors (Lipinski definition) is 5. The van der Waals surface area contributed by atoms with Crippen LogP contribution >= 0.6 is 11.3 Å². The van der Waals surface area contributed by atoms with Crippen molar-refractivity contribution in [3.63, 3.8) is 0 Å². The molecule has 0 spiro atoms. The summed E-state index contributed by atoms with van der Waals surface area (Å²) < 4.78 is 0. The maximum absolute atomic E-state index is 13.4. The van der Waals surface area contributed by atoms with E-state index in [2.05, 4.69) is 0 Å². The number of carbonyl (C=O) groups is 2. The zero-order chi connectivity index (χ0) is 19.3. The molecule has 2 amide bonds. The van der Waals surface area contributed by atoms with E-state index >= 15 is 0 Å². The van der Waals surface area contributed by atoms with Gasteiger partial charge in [-0.05, 0) is 42.1 Å². The molecule has 1 aromatic heterocycles. The Morgan fingerprint density at radius 2 is 1.64 bits per heavy atom. The van der Waals surface area contributed by atoms with Crippen LogP contribution in [0.3, 0.4) is 0 Å². The zero-order valence-corrected chi connectivity index (χ0v) is 16.0. The normalized spacial score (nSPS) is 24.1. The molecule has 2 aliphatic rings. The number of carbonyl (C=O) groups excluding carboxylic acids is 2. The van der Waals surface area contributed by atoms with Crippen LogP contribution < -0.4 is 9.96 Å². The first-order chi connectivity index (χ1) is 13.7. The number of hydroxylamine groups is 1. The van der Waals surface area contributed by atoms with Crippen molar-refractivity contribution in [1.29, 1.82) is 0 Å². The lowest BCUT2D eigenvalue weighted by molar-refractivity contribution is -0.126. The van der Waals surface area contributed by atoms with Crippen LogP contribution in [-0.2, 0) is 14.4 Å². The molecular weight excluding hydrogens is 372 g/mol. The summed E-state index contributed by atoms with van der Waals surface area (Å²) >= 11 is 1.57. The van der Waals surface area contributed by atoms with E-state index in [9.17, 15) is 9.59 Å². The van der Waals surface area contributed by atoms with Gasteiger partial charge in [0.1, 0.15) is 12.0 Å². The molecule has 0 aliphatic carbocycles. The molecule has 5 rings (SSSR count). The van der Waals surface area contributed by atoms with Crippen molar-refractivity contribution in [2.24, 2.45) is 5.92 Å². The maximum atomic E-state index is 13.4. The number of amides is 2. The summed E-state index contributed by atoms with van der Waals surface area (Å²) in [7, 11) is 0. The Labute approximate surface area is 166 Å². The van der Waals surface area contributed by atoms with E-state index in [0.717, 1.165) is 16.1 Å². The Balaban J connectivity index is 1.59. The van der Waals surface area contributed by atoms with Gasteiger partial charge in [-0.25, -0.2) is 9.96 Å². The van der Waals surface area contributed by atoms with E-state index in [0.29, 0.717) is 5.69 Å². The van der Waals surface area contributed by atoms with E-state index in [1.807, 2.05) is 66.9 Å². The number of aryl methyl sites for hydroxylation is 1. The van der Waals surface area contributed by atoms with Gasteiger partial charge >= 0.3 is 0 Å². The minimum atomic E-state index is -0.820. The predicted molar refractivity (Wildman–Crippen MR) is 108 cm³/mol. The predicted octanol–water partition coefficient (Wildman–Crippen LogP) is 4.11. The second kappa shape index (κ2) is 6.58. The summed E-state index contributed by atoms with van der Waals surface area (Å²) in [4.78, 5) is 34.9. The minimum Gasteiger partial charge on any atom is -0.273 e. The molecule has 6 heteroatoms. The lowest BCUT2D eigenvalue weighted by atomic mass is 9.95. The fourth-order valence-corrected chi connectivity index (χ4v) is 4.87. The number of nitrogens with zero attached hydrogens (tertiary/aromatic N) is 2. The van der Waals surface area contributed by atoms with E-state index in [-0.39, 0.29) is 17.9 Å². The third kappa shape index (κ3) is 2.49. The number of para-hydroxylation sites is 2. The topological polar surface area (TPSA) is 49.9 Å². The second-order valence-electron chi connectivity index (χ2n) is 6.97. The molecule has 0 radical (unpaired) electrons. The fourth-order valence-electron chi connectivity index (χ4n) is 4.01. The molecule has 3 unspecified atom stereocenters. The van der Waals surface area contributed by atoms with Gasteiger partial charge in [0.25, 0.3) is 5.91 Å². The van der Waals surface area contributed by atoms with Gasteiger partial charge in [-0.2, -0.15) is 0 Å². The van der Waals surface area contributed by atoms with E-state index < -0.39 is 12.0 Å². The largest absolute Gasteiger partial charge is 0.273 e. The molecule has 2 saturated heterocycles. The molecule has 140 valence electrons. The molecule has 3 aromatic rings. The molecule has 2 fully saturated rings. The van der Waals surface area contributed by atoms with Crippen LogP contribution in [0, 0.1) is 12.8 Å². The average molecular weight is 390 g/mol. The van der Waals surface area contributed by atoms with E-state index in [1.54, 1.807) is 28.5 Å². The molecule has 0 N–H and O–H groups in total. The Kier molecular flexibility index (Phi) is 4.03. The number of rotatable bonds is 3. The highest BCUT2D eigenvalue weighted by Gasteiger charge is 2.60. The maximum Gasteiger partial charge on any atom is 0.266 e. The first-order valence-corrected chi connectivity index (χ1v) is 10.0. The Morgan fingerprint density at radius 1 is 0.893 bits per heavy atom. The van der Waals surface area contributed by atoms with Crippen molar-refractivity contribution in [2.45, 2.75) is 19.1 Å². The van der Waals surface area contributed by atoms with Crippen LogP contribution in [0.2, 0.25) is 0 Å². The van der Waals surface area contributed by atoms with Crippen LogP contribution in [-0.4, -0.2) is 17.9 Å². The summed E-state index contributed by atoms with van der Waals surface area (Å²) in [6.07, 6.45) is -0.820. The summed E-state index contributed by atoms with van der Waals surface area (Å²) in [5.74, 6) is -1.10. The van der Waals surface area contributed by atoms with Gasteiger partial charge in [0.05, 0.1) is 11.4 Å². The molecule has 3 heterocycles. The summed E-state index contributed by atoms with van der Waals surface area (Å²) in [5.41, 5.74) is 2.49. The minimum absolute atomic E-state index is 0.212. The zero-order valence-electron chi connectivity index (χ0n) is 15.2. The Bertz CT molecular complexity index is 1030.